The summed E-state index contributed by atoms with van der Waals surface area (Å²) in [6, 6.07) is 1.39. The van der Waals surface area contributed by atoms with Crippen molar-refractivity contribution in [2.75, 3.05) is 19.7 Å². The molecule has 1 aromatic heterocycles. The minimum absolute atomic E-state index is 0.104. The number of nitrogens with zero attached hydrogens (tertiary/aromatic N) is 2. The predicted octanol–water partition coefficient (Wildman–Crippen LogP) is 1.01. The topological polar surface area (TPSA) is 90.7 Å². The fourth-order valence-electron chi connectivity index (χ4n) is 1.71. The van der Waals surface area contributed by atoms with Crippen LogP contribution in [0.15, 0.2) is 18.5 Å². The molecule has 104 valence electrons. The van der Waals surface area contributed by atoms with Crippen molar-refractivity contribution in [3.8, 4) is 0 Å². The smallest absolute Gasteiger partial charge is 0.338 e. The summed E-state index contributed by atoms with van der Waals surface area (Å²) in [6.45, 7) is 2.54. The molecule has 0 saturated heterocycles. The highest BCUT2D eigenvalue weighted by molar-refractivity contribution is 6.04. The van der Waals surface area contributed by atoms with Crippen LogP contribution in [0.4, 0.5) is 0 Å². The summed E-state index contributed by atoms with van der Waals surface area (Å²) in [7, 11) is 0. The monoisotopic (exact) mass is 266 g/mol. The molecule has 0 atom stereocenters. The van der Waals surface area contributed by atoms with Crippen molar-refractivity contribution in [3.63, 3.8) is 0 Å². The zero-order valence-corrected chi connectivity index (χ0v) is 10.9. The van der Waals surface area contributed by atoms with Gasteiger partial charge >= 0.3 is 5.97 Å². The van der Waals surface area contributed by atoms with Gasteiger partial charge in [0.05, 0.1) is 17.7 Å². The van der Waals surface area contributed by atoms with Crippen LogP contribution in [0.5, 0.6) is 0 Å². The first kappa shape index (κ1) is 15.1. The van der Waals surface area contributed by atoms with Gasteiger partial charge < -0.3 is 15.1 Å². The van der Waals surface area contributed by atoms with E-state index in [2.05, 4.69) is 4.98 Å². The van der Waals surface area contributed by atoms with Gasteiger partial charge in [0.1, 0.15) is 0 Å². The first-order chi connectivity index (χ1) is 9.11. The molecule has 1 rings (SSSR count). The number of aromatic nitrogens is 1. The molecule has 1 amide bonds. The van der Waals surface area contributed by atoms with Crippen LogP contribution in [0.1, 0.15) is 40.5 Å². The lowest BCUT2D eigenvalue weighted by Gasteiger charge is -2.22. The summed E-state index contributed by atoms with van der Waals surface area (Å²) < 4.78 is 0. The molecule has 0 saturated carbocycles. The van der Waals surface area contributed by atoms with Gasteiger partial charge in [0, 0.05) is 25.5 Å². The number of hydrogen-bond acceptors (Lipinski definition) is 4. The number of rotatable bonds is 7. The summed E-state index contributed by atoms with van der Waals surface area (Å²) in [5, 5.41) is 18.0. The Morgan fingerprint density at radius 2 is 2.05 bits per heavy atom. The van der Waals surface area contributed by atoms with E-state index in [1.54, 1.807) is 0 Å². The van der Waals surface area contributed by atoms with Crippen LogP contribution in [0.3, 0.4) is 0 Å². The molecular weight excluding hydrogens is 248 g/mol. The number of aliphatic hydroxyl groups is 1. The number of hydrogen-bond donors (Lipinski definition) is 2. The Morgan fingerprint density at radius 3 is 2.63 bits per heavy atom. The third-order valence-corrected chi connectivity index (χ3v) is 2.72. The third kappa shape index (κ3) is 4.03. The Balaban J connectivity index is 2.98. The van der Waals surface area contributed by atoms with E-state index < -0.39 is 5.97 Å². The standard InChI is InChI=1S/C13H18N2O4/c1-2-3-6-15(7-8-16)12(17)10-4-5-14-9-11(10)13(18)19/h4-5,9,16H,2-3,6-8H2,1H3,(H,18,19). The van der Waals surface area contributed by atoms with Crippen molar-refractivity contribution in [1.29, 1.82) is 0 Å². The number of unbranched alkanes of at least 4 members (excludes halogenated alkanes) is 1. The van der Waals surface area contributed by atoms with Gasteiger partial charge in [-0.15, -0.1) is 0 Å². The van der Waals surface area contributed by atoms with E-state index in [1.165, 1.54) is 17.2 Å². The van der Waals surface area contributed by atoms with Crippen LogP contribution >= 0.6 is 0 Å². The van der Waals surface area contributed by atoms with E-state index in [9.17, 15) is 9.59 Å². The van der Waals surface area contributed by atoms with Gasteiger partial charge in [0.25, 0.3) is 5.91 Å². The van der Waals surface area contributed by atoms with Crippen LogP contribution in [0, 0.1) is 0 Å². The number of carboxylic acids is 1. The molecule has 0 fully saturated rings. The predicted molar refractivity (Wildman–Crippen MR) is 69.1 cm³/mol. The molecule has 0 aromatic carbocycles. The lowest BCUT2D eigenvalue weighted by atomic mass is 10.1. The molecule has 0 radical (unpaired) electrons. The highest BCUT2D eigenvalue weighted by Gasteiger charge is 2.21. The molecule has 0 aliphatic carbocycles. The second-order valence-electron chi connectivity index (χ2n) is 4.10. The number of carboxylic acid groups (broad SMARTS) is 1. The molecule has 0 bridgehead atoms. The summed E-state index contributed by atoms with van der Waals surface area (Å²) in [4.78, 5) is 28.5. The van der Waals surface area contributed by atoms with Gasteiger partial charge in [-0.2, -0.15) is 0 Å². The highest BCUT2D eigenvalue weighted by atomic mass is 16.4. The van der Waals surface area contributed by atoms with Crippen molar-refractivity contribution < 1.29 is 19.8 Å². The van der Waals surface area contributed by atoms with Crippen molar-refractivity contribution in [3.05, 3.63) is 29.6 Å². The summed E-state index contributed by atoms with van der Waals surface area (Å²) in [6.07, 6.45) is 4.26. The van der Waals surface area contributed by atoms with E-state index in [-0.39, 0.29) is 30.2 Å². The Bertz CT molecular complexity index is 448. The van der Waals surface area contributed by atoms with Crippen molar-refractivity contribution in [2.24, 2.45) is 0 Å². The molecule has 0 aliphatic rings. The quantitative estimate of drug-likeness (QED) is 0.768. The van der Waals surface area contributed by atoms with Gasteiger partial charge in [-0.05, 0) is 12.5 Å². The zero-order valence-electron chi connectivity index (χ0n) is 10.9. The Morgan fingerprint density at radius 1 is 1.32 bits per heavy atom. The van der Waals surface area contributed by atoms with E-state index in [4.69, 9.17) is 10.2 Å². The number of carbonyl (C=O) groups excluding carboxylic acids is 1. The largest absolute Gasteiger partial charge is 0.478 e. The van der Waals surface area contributed by atoms with E-state index in [0.29, 0.717) is 6.54 Å². The Hall–Kier alpha value is -1.95. The van der Waals surface area contributed by atoms with Gasteiger partial charge in [-0.1, -0.05) is 13.3 Å². The van der Waals surface area contributed by atoms with E-state index in [0.717, 1.165) is 19.0 Å². The van der Waals surface area contributed by atoms with Crippen LogP contribution in [-0.4, -0.2) is 51.7 Å². The van der Waals surface area contributed by atoms with Crippen molar-refractivity contribution in [2.45, 2.75) is 19.8 Å². The fourth-order valence-corrected chi connectivity index (χ4v) is 1.71. The SMILES string of the molecule is CCCCN(CCO)C(=O)c1ccncc1C(=O)O. The number of aliphatic hydroxyl groups excluding tert-OH is 1. The van der Waals surface area contributed by atoms with Crippen molar-refractivity contribution >= 4 is 11.9 Å². The minimum atomic E-state index is -1.18. The van der Waals surface area contributed by atoms with Crippen LogP contribution < -0.4 is 0 Å². The molecule has 0 unspecified atom stereocenters. The maximum atomic E-state index is 12.3. The highest BCUT2D eigenvalue weighted by Crippen LogP contribution is 2.11. The average molecular weight is 266 g/mol. The number of pyridine rings is 1. The molecular formula is C13H18N2O4. The van der Waals surface area contributed by atoms with Crippen LogP contribution in [-0.2, 0) is 0 Å². The van der Waals surface area contributed by atoms with Gasteiger partial charge in [-0.3, -0.25) is 9.78 Å². The van der Waals surface area contributed by atoms with Crippen LogP contribution in [0.25, 0.3) is 0 Å². The fraction of sp³-hybridized carbons (Fsp3) is 0.462. The average Bonchev–Trinajstić information content (AvgIpc) is 2.42. The van der Waals surface area contributed by atoms with E-state index in [1.807, 2.05) is 6.92 Å². The van der Waals surface area contributed by atoms with Gasteiger partial charge in [-0.25, -0.2) is 4.79 Å². The lowest BCUT2D eigenvalue weighted by Crippen LogP contribution is -2.35. The Kier molecular flexibility index (Phi) is 5.95. The summed E-state index contributed by atoms with van der Waals surface area (Å²) >= 11 is 0. The second kappa shape index (κ2) is 7.48. The molecule has 2 N–H and O–H groups in total. The lowest BCUT2D eigenvalue weighted by molar-refractivity contribution is 0.0665. The number of carbonyl (C=O) groups is 2. The maximum absolute atomic E-state index is 12.3. The number of aromatic carboxylic acids is 1. The number of amides is 1. The Labute approximate surface area is 111 Å². The maximum Gasteiger partial charge on any atom is 0.338 e. The molecule has 6 heteroatoms. The minimum Gasteiger partial charge on any atom is -0.478 e. The molecule has 0 aliphatic heterocycles. The van der Waals surface area contributed by atoms with Crippen LogP contribution in [0.2, 0.25) is 0 Å². The van der Waals surface area contributed by atoms with E-state index >= 15 is 0 Å². The summed E-state index contributed by atoms with van der Waals surface area (Å²) in [5.74, 6) is -1.57. The normalized spacial score (nSPS) is 10.2. The zero-order chi connectivity index (χ0) is 14.3. The first-order valence-corrected chi connectivity index (χ1v) is 6.19. The van der Waals surface area contributed by atoms with Gasteiger partial charge in [0.15, 0.2) is 0 Å². The first-order valence-electron chi connectivity index (χ1n) is 6.19. The van der Waals surface area contributed by atoms with Crippen molar-refractivity contribution in [1.82, 2.24) is 9.88 Å². The summed E-state index contributed by atoms with van der Waals surface area (Å²) in [5.41, 5.74) is -0.0148. The molecule has 1 heterocycles. The molecule has 0 spiro atoms. The molecule has 1 aromatic rings. The molecule has 6 nitrogen and oxygen atoms in total. The third-order valence-electron chi connectivity index (χ3n) is 2.72. The molecule has 19 heavy (non-hydrogen) atoms. The van der Waals surface area contributed by atoms with Gasteiger partial charge in [0.2, 0.25) is 0 Å². The second-order valence-corrected chi connectivity index (χ2v) is 4.10.